The summed E-state index contributed by atoms with van der Waals surface area (Å²) in [7, 11) is -1.99. The molecule has 1 fully saturated rings. The zero-order valence-electron chi connectivity index (χ0n) is 14.5. The Labute approximate surface area is 156 Å². The molecule has 0 unspecified atom stereocenters. The van der Waals surface area contributed by atoms with Gasteiger partial charge in [0.1, 0.15) is 4.88 Å². The van der Waals surface area contributed by atoms with Crippen LogP contribution in [0.5, 0.6) is 0 Å². The summed E-state index contributed by atoms with van der Waals surface area (Å²) >= 11 is 1.10. The second-order valence-corrected chi connectivity index (χ2v) is 9.06. The first-order chi connectivity index (χ1) is 12.4. The van der Waals surface area contributed by atoms with Crippen LogP contribution in [0.15, 0.2) is 24.3 Å². The number of rotatable bonds is 2. The molecular formula is C16H19N5O3S2. The van der Waals surface area contributed by atoms with Crippen LogP contribution in [0.25, 0.3) is 0 Å². The molecule has 0 radical (unpaired) electrons. The third-order valence-corrected chi connectivity index (χ3v) is 7.68. The van der Waals surface area contributed by atoms with E-state index in [-0.39, 0.29) is 11.9 Å². The molecule has 0 saturated carbocycles. The molecule has 1 aromatic heterocycles. The summed E-state index contributed by atoms with van der Waals surface area (Å²) in [6, 6.07) is 7.17. The Morgan fingerprint density at radius 3 is 2.46 bits per heavy atom. The number of hydrogen-bond donors (Lipinski definition) is 0. The summed E-state index contributed by atoms with van der Waals surface area (Å²) in [5.74, 6) is -0.0715. The van der Waals surface area contributed by atoms with Crippen molar-refractivity contribution in [3.63, 3.8) is 0 Å². The normalized spacial score (nSPS) is 19.7. The molecule has 3 heterocycles. The lowest BCUT2D eigenvalue weighted by Gasteiger charge is -2.36. The molecule has 138 valence electrons. The lowest BCUT2D eigenvalue weighted by Crippen LogP contribution is -2.49. The third-order valence-electron chi connectivity index (χ3n) is 4.98. The Morgan fingerprint density at radius 1 is 1.19 bits per heavy atom. The lowest BCUT2D eigenvalue weighted by atomic mass is 10.0. The molecule has 0 bridgehead atoms. The smallest absolute Gasteiger partial charge is 0.326 e. The van der Waals surface area contributed by atoms with Crippen LogP contribution in [0.3, 0.4) is 0 Å². The van der Waals surface area contributed by atoms with E-state index in [2.05, 4.69) is 9.59 Å². The first-order valence-corrected chi connectivity index (χ1v) is 10.5. The van der Waals surface area contributed by atoms with Crippen LogP contribution < -0.4 is 8.61 Å². The number of carbonyl (C=O) groups excluding carboxylic acids is 1. The molecule has 1 aromatic carbocycles. The van der Waals surface area contributed by atoms with Crippen LogP contribution >= 0.6 is 11.5 Å². The molecule has 2 aliphatic heterocycles. The summed E-state index contributed by atoms with van der Waals surface area (Å²) in [6.45, 7) is 2.80. The molecule has 0 N–H and O–H groups in total. The minimum absolute atomic E-state index is 0.0715. The molecule has 1 saturated heterocycles. The van der Waals surface area contributed by atoms with Crippen LogP contribution in [0, 0.1) is 6.92 Å². The van der Waals surface area contributed by atoms with Crippen molar-refractivity contribution in [3.05, 3.63) is 34.8 Å². The predicted octanol–water partition coefficient (Wildman–Crippen LogP) is 1.65. The Kier molecular flexibility index (Phi) is 4.11. The van der Waals surface area contributed by atoms with Crippen LogP contribution in [0.1, 0.15) is 28.2 Å². The highest BCUT2D eigenvalue weighted by Crippen LogP contribution is 2.42. The molecule has 0 aliphatic carbocycles. The van der Waals surface area contributed by atoms with Gasteiger partial charge in [0.25, 0.3) is 5.91 Å². The average Bonchev–Trinajstić information content (AvgIpc) is 3.15. The Morgan fingerprint density at radius 2 is 1.85 bits per heavy atom. The first-order valence-electron chi connectivity index (χ1n) is 8.37. The van der Waals surface area contributed by atoms with E-state index < -0.39 is 10.2 Å². The number of benzene rings is 1. The van der Waals surface area contributed by atoms with Gasteiger partial charge in [-0.2, -0.15) is 8.42 Å². The van der Waals surface area contributed by atoms with E-state index in [1.165, 1.54) is 8.61 Å². The molecular weight excluding hydrogens is 374 g/mol. The number of likely N-dealkylation sites (tertiary alicyclic amines) is 1. The van der Waals surface area contributed by atoms with Gasteiger partial charge in [0, 0.05) is 20.1 Å². The van der Waals surface area contributed by atoms with Gasteiger partial charge in [0.15, 0.2) is 0 Å². The molecule has 2 aromatic rings. The van der Waals surface area contributed by atoms with Gasteiger partial charge in [-0.15, -0.1) is 5.10 Å². The fourth-order valence-electron chi connectivity index (χ4n) is 3.56. The topological polar surface area (TPSA) is 86.7 Å². The maximum atomic E-state index is 12.9. The number of fused-ring (bicyclic) bond motifs is 1. The Balaban J connectivity index is 1.53. The van der Waals surface area contributed by atoms with Crippen LogP contribution in [0.2, 0.25) is 0 Å². The van der Waals surface area contributed by atoms with Gasteiger partial charge >= 0.3 is 10.2 Å². The fourth-order valence-corrected chi connectivity index (χ4v) is 5.84. The highest BCUT2D eigenvalue weighted by Gasteiger charge is 2.43. The van der Waals surface area contributed by atoms with Gasteiger partial charge in [-0.25, -0.2) is 4.31 Å². The van der Waals surface area contributed by atoms with Gasteiger partial charge in [0.05, 0.1) is 23.1 Å². The minimum atomic E-state index is -3.57. The van der Waals surface area contributed by atoms with E-state index in [9.17, 15) is 13.2 Å². The fraction of sp³-hybridized carbons (Fsp3) is 0.438. The molecule has 2 aliphatic rings. The van der Waals surface area contributed by atoms with E-state index in [0.29, 0.717) is 47.9 Å². The molecule has 8 nitrogen and oxygen atoms in total. The lowest BCUT2D eigenvalue weighted by molar-refractivity contribution is 0.0720. The number of hydrogen-bond acceptors (Lipinski definition) is 6. The molecule has 4 rings (SSSR count). The van der Waals surface area contributed by atoms with E-state index in [1.54, 1.807) is 18.9 Å². The van der Waals surface area contributed by atoms with Crippen molar-refractivity contribution in [2.24, 2.45) is 0 Å². The predicted molar refractivity (Wildman–Crippen MR) is 99.8 cm³/mol. The Hall–Kier alpha value is -2.20. The van der Waals surface area contributed by atoms with Crippen molar-refractivity contribution >= 4 is 39.0 Å². The number of para-hydroxylation sites is 2. The maximum absolute atomic E-state index is 12.9. The Bertz CT molecular complexity index is 950. The SMILES string of the molecule is Cc1nnsc1C(=O)N1CCC(N2c3ccccc3N(C)S2(=O)=O)CC1. The molecule has 0 atom stereocenters. The second kappa shape index (κ2) is 6.20. The minimum Gasteiger partial charge on any atom is -0.338 e. The van der Waals surface area contributed by atoms with Gasteiger partial charge in [-0.05, 0) is 43.4 Å². The standard InChI is InChI=1S/C16H19N5O3S2/c1-11-15(25-18-17-11)16(22)20-9-7-12(8-10-20)21-14-6-4-3-5-13(14)19(2)26(21,23)24/h3-6,12H,7-10H2,1-2H3. The van der Waals surface area contributed by atoms with Gasteiger partial charge in [0.2, 0.25) is 0 Å². The van der Waals surface area contributed by atoms with Crippen molar-refractivity contribution in [3.8, 4) is 0 Å². The maximum Gasteiger partial charge on any atom is 0.326 e. The van der Waals surface area contributed by atoms with Crippen molar-refractivity contribution in [1.29, 1.82) is 0 Å². The van der Waals surface area contributed by atoms with E-state index >= 15 is 0 Å². The highest BCUT2D eigenvalue weighted by atomic mass is 32.2. The zero-order chi connectivity index (χ0) is 18.5. The summed E-state index contributed by atoms with van der Waals surface area (Å²) in [5.41, 5.74) is 2.04. The quantitative estimate of drug-likeness (QED) is 0.774. The monoisotopic (exact) mass is 393 g/mol. The number of aromatic nitrogens is 2. The number of carbonyl (C=O) groups is 1. The number of aryl methyl sites for hydroxylation is 1. The van der Waals surface area contributed by atoms with Crippen molar-refractivity contribution < 1.29 is 13.2 Å². The third kappa shape index (κ3) is 2.55. The van der Waals surface area contributed by atoms with Crippen molar-refractivity contribution in [2.75, 3.05) is 28.7 Å². The van der Waals surface area contributed by atoms with E-state index in [1.807, 2.05) is 24.3 Å². The van der Waals surface area contributed by atoms with Gasteiger partial charge in [-0.3, -0.25) is 9.10 Å². The number of anilines is 2. The van der Waals surface area contributed by atoms with E-state index in [0.717, 1.165) is 11.5 Å². The number of piperidine rings is 1. The van der Waals surface area contributed by atoms with Crippen LogP contribution in [-0.2, 0) is 10.2 Å². The van der Waals surface area contributed by atoms with Gasteiger partial charge in [-0.1, -0.05) is 16.6 Å². The number of nitrogens with zero attached hydrogens (tertiary/aromatic N) is 5. The summed E-state index contributed by atoms with van der Waals surface area (Å²) in [5, 5.41) is 3.89. The number of amides is 1. The van der Waals surface area contributed by atoms with Crippen molar-refractivity contribution in [1.82, 2.24) is 14.5 Å². The summed E-state index contributed by atoms with van der Waals surface area (Å²) < 4.78 is 32.4. The largest absolute Gasteiger partial charge is 0.338 e. The van der Waals surface area contributed by atoms with Crippen molar-refractivity contribution in [2.45, 2.75) is 25.8 Å². The second-order valence-electron chi connectivity index (χ2n) is 6.47. The van der Waals surface area contributed by atoms with Crippen LogP contribution in [-0.4, -0.2) is 55.0 Å². The molecule has 0 spiro atoms. The average molecular weight is 393 g/mol. The van der Waals surface area contributed by atoms with Gasteiger partial charge < -0.3 is 4.90 Å². The summed E-state index contributed by atoms with van der Waals surface area (Å²) in [4.78, 5) is 14.9. The van der Waals surface area contributed by atoms with Crippen LogP contribution in [0.4, 0.5) is 11.4 Å². The highest BCUT2D eigenvalue weighted by molar-refractivity contribution is 7.94. The molecule has 26 heavy (non-hydrogen) atoms. The van der Waals surface area contributed by atoms with E-state index in [4.69, 9.17) is 0 Å². The summed E-state index contributed by atoms with van der Waals surface area (Å²) in [6.07, 6.45) is 1.19. The first kappa shape index (κ1) is 17.2. The molecule has 10 heteroatoms. The molecule has 1 amide bonds. The zero-order valence-corrected chi connectivity index (χ0v) is 16.1.